The summed E-state index contributed by atoms with van der Waals surface area (Å²) in [6.07, 6.45) is 0.919. The molecule has 120 valence electrons. The zero-order valence-electron chi connectivity index (χ0n) is 13.3. The number of carboxylic acid groups (broad SMARTS) is 1. The molecule has 0 unspecified atom stereocenters. The van der Waals surface area contributed by atoms with Gasteiger partial charge in [-0.2, -0.15) is 0 Å². The Kier molecular flexibility index (Phi) is 4.92. The van der Waals surface area contributed by atoms with Crippen molar-refractivity contribution >= 4 is 11.7 Å². The quantitative estimate of drug-likeness (QED) is 0.699. The van der Waals surface area contributed by atoms with Crippen LogP contribution in [0.1, 0.15) is 27.0 Å². The molecule has 2 N–H and O–H groups in total. The minimum absolute atomic E-state index is 0.297. The summed E-state index contributed by atoms with van der Waals surface area (Å²) in [5, 5.41) is 12.2. The van der Waals surface area contributed by atoms with Crippen molar-refractivity contribution in [1.29, 1.82) is 0 Å². The van der Waals surface area contributed by atoms with Crippen LogP contribution in [-0.2, 0) is 13.0 Å². The van der Waals surface area contributed by atoms with Gasteiger partial charge in [-0.3, -0.25) is 0 Å². The average molecular weight is 317 g/mol. The van der Waals surface area contributed by atoms with E-state index in [2.05, 4.69) is 53.8 Å². The molecule has 0 amide bonds. The third-order valence-electron chi connectivity index (χ3n) is 3.87. The van der Waals surface area contributed by atoms with Crippen molar-refractivity contribution in [2.75, 3.05) is 5.32 Å². The Bertz CT molecular complexity index is 811. The molecule has 3 heteroatoms. The number of rotatable bonds is 6. The lowest BCUT2D eigenvalue weighted by Crippen LogP contribution is -2.01. The first kappa shape index (κ1) is 15.8. The van der Waals surface area contributed by atoms with Gasteiger partial charge in [0.25, 0.3) is 0 Å². The van der Waals surface area contributed by atoms with Gasteiger partial charge in [-0.15, -0.1) is 0 Å². The third kappa shape index (κ3) is 4.23. The van der Waals surface area contributed by atoms with E-state index < -0.39 is 5.97 Å². The maximum Gasteiger partial charge on any atom is 0.335 e. The van der Waals surface area contributed by atoms with Gasteiger partial charge in [0.15, 0.2) is 0 Å². The van der Waals surface area contributed by atoms with Crippen LogP contribution in [-0.4, -0.2) is 11.1 Å². The van der Waals surface area contributed by atoms with Crippen molar-refractivity contribution in [3.63, 3.8) is 0 Å². The summed E-state index contributed by atoms with van der Waals surface area (Å²) < 4.78 is 0. The predicted molar refractivity (Wildman–Crippen MR) is 96.4 cm³/mol. The van der Waals surface area contributed by atoms with Crippen molar-refractivity contribution in [1.82, 2.24) is 0 Å². The summed E-state index contributed by atoms with van der Waals surface area (Å²) in [6.45, 7) is 0.703. The van der Waals surface area contributed by atoms with Crippen LogP contribution in [0.25, 0.3) is 0 Å². The molecule has 0 radical (unpaired) electrons. The monoisotopic (exact) mass is 317 g/mol. The molecule has 3 aromatic carbocycles. The van der Waals surface area contributed by atoms with Crippen molar-refractivity contribution in [3.8, 4) is 0 Å². The molecule has 0 spiro atoms. The van der Waals surface area contributed by atoms with Crippen LogP contribution in [0.2, 0.25) is 0 Å². The second-order valence-electron chi connectivity index (χ2n) is 5.72. The van der Waals surface area contributed by atoms with Crippen LogP contribution in [0.4, 0.5) is 5.69 Å². The molecule has 0 saturated carbocycles. The molecule has 3 nitrogen and oxygen atoms in total. The van der Waals surface area contributed by atoms with E-state index in [9.17, 15) is 4.79 Å². The number of nitrogens with one attached hydrogen (secondary N) is 1. The number of carbonyl (C=O) groups is 1. The maximum absolute atomic E-state index is 10.9. The fourth-order valence-corrected chi connectivity index (χ4v) is 2.62. The van der Waals surface area contributed by atoms with Gasteiger partial charge in [0.2, 0.25) is 0 Å². The smallest absolute Gasteiger partial charge is 0.335 e. The van der Waals surface area contributed by atoms with Crippen molar-refractivity contribution in [3.05, 3.63) is 101 Å². The highest BCUT2D eigenvalue weighted by atomic mass is 16.4. The molecule has 0 heterocycles. The number of aromatic carboxylic acids is 1. The van der Waals surface area contributed by atoms with E-state index in [1.54, 1.807) is 24.3 Å². The molecule has 0 bridgehead atoms. The highest BCUT2D eigenvalue weighted by Gasteiger charge is 2.02. The van der Waals surface area contributed by atoms with Crippen LogP contribution < -0.4 is 5.32 Å². The molecule has 0 atom stereocenters. The SMILES string of the molecule is O=C(O)c1ccc(NCc2cccc(Cc3ccccc3)c2)cc1. The molecule has 0 aliphatic rings. The lowest BCUT2D eigenvalue weighted by atomic mass is 10.0. The lowest BCUT2D eigenvalue weighted by molar-refractivity contribution is 0.0697. The first-order chi connectivity index (χ1) is 11.7. The van der Waals surface area contributed by atoms with Gasteiger partial charge >= 0.3 is 5.97 Å². The summed E-state index contributed by atoms with van der Waals surface area (Å²) in [7, 11) is 0. The Morgan fingerprint density at radius 3 is 2.17 bits per heavy atom. The zero-order chi connectivity index (χ0) is 16.8. The van der Waals surface area contributed by atoms with E-state index in [4.69, 9.17) is 5.11 Å². The molecular formula is C21H19NO2. The normalized spacial score (nSPS) is 10.3. The minimum atomic E-state index is -0.907. The van der Waals surface area contributed by atoms with Crippen LogP contribution in [0, 0.1) is 0 Å². The van der Waals surface area contributed by atoms with Crippen LogP contribution in [0.3, 0.4) is 0 Å². The zero-order valence-corrected chi connectivity index (χ0v) is 13.3. The van der Waals surface area contributed by atoms with Crippen molar-refractivity contribution < 1.29 is 9.90 Å². The number of carboxylic acids is 1. The average Bonchev–Trinajstić information content (AvgIpc) is 2.61. The maximum atomic E-state index is 10.9. The summed E-state index contributed by atoms with van der Waals surface area (Å²) >= 11 is 0. The fourth-order valence-electron chi connectivity index (χ4n) is 2.62. The number of hydrogen-bond donors (Lipinski definition) is 2. The third-order valence-corrected chi connectivity index (χ3v) is 3.87. The van der Waals surface area contributed by atoms with Gasteiger partial charge in [-0.25, -0.2) is 4.79 Å². The topological polar surface area (TPSA) is 49.3 Å². The predicted octanol–water partition coefficient (Wildman–Crippen LogP) is 4.59. The minimum Gasteiger partial charge on any atom is -0.478 e. The van der Waals surface area contributed by atoms with Gasteiger partial charge in [0.05, 0.1) is 5.56 Å². The number of hydrogen-bond acceptors (Lipinski definition) is 2. The van der Waals surface area contributed by atoms with Gasteiger partial charge in [0, 0.05) is 12.2 Å². The molecule has 0 fully saturated rings. The number of anilines is 1. The summed E-state index contributed by atoms with van der Waals surface area (Å²) in [4.78, 5) is 10.9. The van der Waals surface area contributed by atoms with Gasteiger partial charge in [-0.1, -0.05) is 54.6 Å². The van der Waals surface area contributed by atoms with Crippen LogP contribution in [0.5, 0.6) is 0 Å². The summed E-state index contributed by atoms with van der Waals surface area (Å²) in [6, 6.07) is 25.7. The molecule has 24 heavy (non-hydrogen) atoms. The van der Waals surface area contributed by atoms with Crippen molar-refractivity contribution in [2.24, 2.45) is 0 Å². The van der Waals surface area contributed by atoms with E-state index in [-0.39, 0.29) is 0 Å². The Hall–Kier alpha value is -3.07. The van der Waals surface area contributed by atoms with E-state index in [0.717, 1.165) is 12.1 Å². The molecule has 3 rings (SSSR count). The molecule has 0 aliphatic carbocycles. The fraction of sp³-hybridized carbons (Fsp3) is 0.0952. The first-order valence-electron chi connectivity index (χ1n) is 7.90. The number of benzene rings is 3. The molecule has 3 aromatic rings. The Morgan fingerprint density at radius 1 is 0.792 bits per heavy atom. The second-order valence-corrected chi connectivity index (χ2v) is 5.72. The van der Waals surface area contributed by atoms with Crippen molar-refractivity contribution in [2.45, 2.75) is 13.0 Å². The van der Waals surface area contributed by atoms with E-state index in [0.29, 0.717) is 12.1 Å². The molecule has 0 saturated heterocycles. The van der Waals surface area contributed by atoms with E-state index >= 15 is 0 Å². The standard InChI is InChI=1S/C21H19NO2/c23-21(24)19-9-11-20(12-10-19)22-15-18-8-4-7-17(14-18)13-16-5-2-1-3-6-16/h1-12,14,22H,13,15H2,(H,23,24). The summed E-state index contributed by atoms with van der Waals surface area (Å²) in [5.74, 6) is -0.907. The van der Waals surface area contributed by atoms with Gasteiger partial charge in [0.1, 0.15) is 0 Å². The first-order valence-corrected chi connectivity index (χ1v) is 7.90. The Morgan fingerprint density at radius 2 is 1.46 bits per heavy atom. The second kappa shape index (κ2) is 7.47. The highest BCUT2D eigenvalue weighted by Crippen LogP contribution is 2.14. The van der Waals surface area contributed by atoms with E-state index in [1.807, 2.05) is 6.07 Å². The van der Waals surface area contributed by atoms with Crippen LogP contribution in [0.15, 0.2) is 78.9 Å². The van der Waals surface area contributed by atoms with Crippen LogP contribution >= 0.6 is 0 Å². The van der Waals surface area contributed by atoms with E-state index in [1.165, 1.54) is 16.7 Å². The summed E-state index contributed by atoms with van der Waals surface area (Å²) in [5.41, 5.74) is 4.98. The molecule has 0 aromatic heterocycles. The van der Waals surface area contributed by atoms with Gasteiger partial charge in [-0.05, 0) is 47.4 Å². The highest BCUT2D eigenvalue weighted by molar-refractivity contribution is 5.87. The Labute approximate surface area is 141 Å². The Balaban J connectivity index is 1.63. The molecule has 0 aliphatic heterocycles. The van der Waals surface area contributed by atoms with Gasteiger partial charge < -0.3 is 10.4 Å². The largest absolute Gasteiger partial charge is 0.478 e. The molecular weight excluding hydrogens is 298 g/mol. The lowest BCUT2D eigenvalue weighted by Gasteiger charge is -2.09.